The lowest BCUT2D eigenvalue weighted by atomic mass is 10.0. The topological polar surface area (TPSA) is 56.2 Å². The van der Waals surface area contributed by atoms with Crippen molar-refractivity contribution in [3.63, 3.8) is 0 Å². The number of hydrogen-bond acceptors (Lipinski definition) is 4. The molecule has 20 heavy (non-hydrogen) atoms. The number of nitrogens with zero attached hydrogens (tertiary/aromatic N) is 2. The molecule has 5 heteroatoms. The van der Waals surface area contributed by atoms with E-state index in [0.29, 0.717) is 12.3 Å². The molecule has 5 nitrogen and oxygen atoms in total. The Hall–Kier alpha value is -2.30. The van der Waals surface area contributed by atoms with Gasteiger partial charge in [0.15, 0.2) is 5.69 Å². The Balaban J connectivity index is 1.95. The van der Waals surface area contributed by atoms with Crippen molar-refractivity contribution in [1.82, 2.24) is 9.78 Å². The zero-order valence-electron chi connectivity index (χ0n) is 11.4. The van der Waals surface area contributed by atoms with Crippen LogP contribution in [0.2, 0.25) is 0 Å². The van der Waals surface area contributed by atoms with Gasteiger partial charge in [0, 0.05) is 12.6 Å². The molecule has 0 saturated heterocycles. The van der Waals surface area contributed by atoms with Crippen LogP contribution in [0, 0.1) is 0 Å². The van der Waals surface area contributed by atoms with Crippen LogP contribution >= 0.6 is 0 Å². The smallest absolute Gasteiger partial charge is 0.358 e. The first-order valence-corrected chi connectivity index (χ1v) is 6.85. The minimum absolute atomic E-state index is 0.163. The molecule has 2 heterocycles. The predicted molar refractivity (Wildman–Crippen MR) is 75.9 cm³/mol. The lowest BCUT2D eigenvalue weighted by molar-refractivity contribution is 0.0518. The molecular formula is C15H17N3O2. The van der Waals surface area contributed by atoms with Gasteiger partial charge in [-0.1, -0.05) is 30.3 Å². The summed E-state index contributed by atoms with van der Waals surface area (Å²) in [4.78, 5) is 11.8. The molecule has 1 unspecified atom stereocenters. The molecule has 0 fully saturated rings. The molecule has 0 saturated carbocycles. The molecule has 0 radical (unpaired) electrons. The molecule has 1 aromatic heterocycles. The summed E-state index contributed by atoms with van der Waals surface area (Å²) in [6.45, 7) is 3.02. The summed E-state index contributed by atoms with van der Waals surface area (Å²) in [5, 5.41) is 7.68. The van der Waals surface area contributed by atoms with Crippen molar-refractivity contribution in [3.05, 3.63) is 47.7 Å². The highest BCUT2D eigenvalue weighted by atomic mass is 16.5. The highest BCUT2D eigenvalue weighted by molar-refractivity contribution is 5.88. The van der Waals surface area contributed by atoms with Crippen LogP contribution in [0.1, 0.15) is 35.4 Å². The molecule has 3 rings (SSSR count). The fraction of sp³-hybridized carbons (Fsp3) is 0.333. The minimum atomic E-state index is -0.372. The fourth-order valence-corrected chi connectivity index (χ4v) is 2.51. The number of ether oxygens (including phenoxy) is 1. The second-order valence-corrected chi connectivity index (χ2v) is 4.72. The summed E-state index contributed by atoms with van der Waals surface area (Å²) in [6, 6.07) is 12.1. The third kappa shape index (κ3) is 2.27. The fourth-order valence-electron chi connectivity index (χ4n) is 2.51. The number of carbonyl (C=O) groups is 1. The van der Waals surface area contributed by atoms with Gasteiger partial charge in [0.2, 0.25) is 0 Å². The largest absolute Gasteiger partial charge is 0.461 e. The van der Waals surface area contributed by atoms with E-state index in [2.05, 4.69) is 22.5 Å². The molecular weight excluding hydrogens is 254 g/mol. The van der Waals surface area contributed by atoms with E-state index in [1.54, 1.807) is 13.0 Å². The summed E-state index contributed by atoms with van der Waals surface area (Å²) < 4.78 is 6.88. The van der Waals surface area contributed by atoms with Crippen molar-refractivity contribution in [1.29, 1.82) is 0 Å². The van der Waals surface area contributed by atoms with Crippen molar-refractivity contribution in [2.75, 3.05) is 18.5 Å². The first-order valence-electron chi connectivity index (χ1n) is 6.85. The number of anilines is 1. The van der Waals surface area contributed by atoms with Crippen LogP contribution in [0.5, 0.6) is 0 Å². The molecule has 1 aromatic carbocycles. The number of benzene rings is 1. The first kappa shape index (κ1) is 12.7. The van der Waals surface area contributed by atoms with Crippen molar-refractivity contribution in [3.8, 4) is 0 Å². The molecule has 1 aliphatic heterocycles. The number of carbonyl (C=O) groups excluding carboxylic acids is 1. The average molecular weight is 271 g/mol. The van der Waals surface area contributed by atoms with Gasteiger partial charge < -0.3 is 10.1 Å². The molecule has 0 spiro atoms. The van der Waals surface area contributed by atoms with Gasteiger partial charge >= 0.3 is 5.97 Å². The summed E-state index contributed by atoms with van der Waals surface area (Å²) in [5.74, 6) is 0.496. The SMILES string of the molecule is CCOC(=O)c1cc2n(n1)C(c1ccccc1)CCN2. The summed E-state index contributed by atoms with van der Waals surface area (Å²) in [5.41, 5.74) is 1.56. The Bertz CT molecular complexity index is 607. The standard InChI is InChI=1S/C15H17N3O2/c1-2-20-15(19)12-10-14-16-9-8-13(18(14)17-12)11-6-4-3-5-7-11/h3-7,10,13,16H,2,8-9H2,1H3. The van der Waals surface area contributed by atoms with Crippen molar-refractivity contribution >= 4 is 11.8 Å². The number of hydrogen-bond donors (Lipinski definition) is 1. The predicted octanol–water partition coefficient (Wildman–Crippen LogP) is 2.46. The Labute approximate surface area is 117 Å². The zero-order valence-corrected chi connectivity index (χ0v) is 11.4. The number of rotatable bonds is 3. The first-order chi connectivity index (χ1) is 9.79. The maximum absolute atomic E-state index is 11.8. The average Bonchev–Trinajstić information content (AvgIpc) is 2.92. The van der Waals surface area contributed by atoms with Crippen LogP contribution in [0.25, 0.3) is 0 Å². The van der Waals surface area contributed by atoms with E-state index in [-0.39, 0.29) is 12.0 Å². The van der Waals surface area contributed by atoms with Gasteiger partial charge in [-0.05, 0) is 18.9 Å². The summed E-state index contributed by atoms with van der Waals surface area (Å²) >= 11 is 0. The lowest BCUT2D eigenvalue weighted by Crippen LogP contribution is -2.24. The third-order valence-electron chi connectivity index (χ3n) is 3.42. The Morgan fingerprint density at radius 2 is 2.25 bits per heavy atom. The normalized spacial score (nSPS) is 17.1. The van der Waals surface area contributed by atoms with E-state index in [0.717, 1.165) is 18.8 Å². The highest BCUT2D eigenvalue weighted by Crippen LogP contribution is 2.29. The number of fused-ring (bicyclic) bond motifs is 1. The van der Waals surface area contributed by atoms with Gasteiger partial charge in [-0.2, -0.15) is 5.10 Å². The van der Waals surface area contributed by atoms with Gasteiger partial charge in [0.05, 0.1) is 12.6 Å². The summed E-state index contributed by atoms with van der Waals surface area (Å²) in [6.07, 6.45) is 0.945. The molecule has 104 valence electrons. The van der Waals surface area contributed by atoms with Gasteiger partial charge in [-0.25, -0.2) is 9.48 Å². The van der Waals surface area contributed by atoms with Crippen LogP contribution in [-0.4, -0.2) is 28.9 Å². The maximum Gasteiger partial charge on any atom is 0.358 e. The minimum Gasteiger partial charge on any atom is -0.461 e. The number of nitrogens with one attached hydrogen (secondary N) is 1. The number of esters is 1. The highest BCUT2D eigenvalue weighted by Gasteiger charge is 2.25. The van der Waals surface area contributed by atoms with E-state index in [1.807, 2.05) is 22.9 Å². The van der Waals surface area contributed by atoms with E-state index in [1.165, 1.54) is 5.56 Å². The van der Waals surface area contributed by atoms with Crippen LogP contribution in [-0.2, 0) is 4.74 Å². The van der Waals surface area contributed by atoms with Gasteiger partial charge in [-0.3, -0.25) is 0 Å². The van der Waals surface area contributed by atoms with E-state index < -0.39 is 0 Å². The van der Waals surface area contributed by atoms with Crippen LogP contribution in [0.4, 0.5) is 5.82 Å². The van der Waals surface area contributed by atoms with Gasteiger partial charge in [-0.15, -0.1) is 0 Å². The van der Waals surface area contributed by atoms with E-state index in [9.17, 15) is 4.79 Å². The molecule has 1 atom stereocenters. The molecule has 0 aliphatic carbocycles. The van der Waals surface area contributed by atoms with Crippen LogP contribution in [0.15, 0.2) is 36.4 Å². The quantitative estimate of drug-likeness (QED) is 0.871. The second kappa shape index (κ2) is 5.36. The van der Waals surface area contributed by atoms with E-state index >= 15 is 0 Å². The monoisotopic (exact) mass is 271 g/mol. The molecule has 0 amide bonds. The summed E-state index contributed by atoms with van der Waals surface area (Å²) in [7, 11) is 0. The zero-order chi connectivity index (χ0) is 13.9. The second-order valence-electron chi connectivity index (χ2n) is 4.72. The van der Waals surface area contributed by atoms with Gasteiger partial charge in [0.25, 0.3) is 0 Å². The molecule has 0 bridgehead atoms. The molecule has 1 N–H and O–H groups in total. The maximum atomic E-state index is 11.8. The number of aromatic nitrogens is 2. The van der Waals surface area contributed by atoms with Crippen molar-refractivity contribution < 1.29 is 9.53 Å². The van der Waals surface area contributed by atoms with Crippen molar-refractivity contribution in [2.24, 2.45) is 0 Å². The van der Waals surface area contributed by atoms with Gasteiger partial charge in [0.1, 0.15) is 5.82 Å². The Kier molecular flexibility index (Phi) is 3.41. The Morgan fingerprint density at radius 3 is 3.00 bits per heavy atom. The third-order valence-corrected chi connectivity index (χ3v) is 3.42. The van der Waals surface area contributed by atoms with E-state index in [4.69, 9.17) is 4.74 Å². The van der Waals surface area contributed by atoms with Crippen LogP contribution < -0.4 is 5.32 Å². The van der Waals surface area contributed by atoms with Crippen LogP contribution in [0.3, 0.4) is 0 Å². The molecule has 2 aromatic rings. The van der Waals surface area contributed by atoms with Crippen molar-refractivity contribution in [2.45, 2.75) is 19.4 Å². The molecule has 1 aliphatic rings. The Morgan fingerprint density at radius 1 is 1.45 bits per heavy atom. The lowest BCUT2D eigenvalue weighted by Gasteiger charge is -2.25.